The molecule has 1 fully saturated rings. The fraction of sp³-hybridized carbons (Fsp3) is 0.444. The number of nitrogens with one attached hydrogen (secondary N) is 1. The van der Waals surface area contributed by atoms with Crippen molar-refractivity contribution in [2.75, 3.05) is 18.1 Å². The Labute approximate surface area is 208 Å². The fourth-order valence-electron chi connectivity index (χ4n) is 4.06. The Morgan fingerprint density at radius 3 is 2.50 bits per heavy atom. The van der Waals surface area contributed by atoms with Gasteiger partial charge in [0.1, 0.15) is 11.3 Å². The molecule has 1 heterocycles. The predicted octanol–water partition coefficient (Wildman–Crippen LogP) is 4.85. The van der Waals surface area contributed by atoms with Gasteiger partial charge in [-0.05, 0) is 87.3 Å². The number of anilines is 1. The largest absolute Gasteiger partial charge is 0.493 e. The number of hydrogen-bond acceptors (Lipinski definition) is 5. The Morgan fingerprint density at radius 2 is 1.88 bits per heavy atom. The molecule has 1 aliphatic rings. The highest BCUT2D eigenvalue weighted by atomic mass is 32.1. The van der Waals surface area contributed by atoms with E-state index in [1.165, 1.54) is 5.56 Å². The minimum Gasteiger partial charge on any atom is -0.493 e. The molecule has 0 aromatic heterocycles. The molecule has 2 aromatic rings. The summed E-state index contributed by atoms with van der Waals surface area (Å²) in [5, 5.41) is 13.1. The first-order chi connectivity index (χ1) is 16.1. The van der Waals surface area contributed by atoms with E-state index in [0.717, 1.165) is 29.8 Å². The lowest BCUT2D eigenvalue weighted by atomic mass is 10.0. The third-order valence-electron chi connectivity index (χ3n) is 6.15. The number of ether oxygens (including phenoxy) is 1. The number of aryl methyl sites for hydroxylation is 2. The summed E-state index contributed by atoms with van der Waals surface area (Å²) in [6, 6.07) is 14.2. The van der Waals surface area contributed by atoms with E-state index in [1.807, 2.05) is 37.8 Å². The Hall–Kier alpha value is -2.95. The Morgan fingerprint density at radius 1 is 1.15 bits per heavy atom. The highest BCUT2D eigenvalue weighted by molar-refractivity contribution is 7.80. The minimum atomic E-state index is -0.750. The van der Waals surface area contributed by atoms with Gasteiger partial charge in [0.15, 0.2) is 5.11 Å². The zero-order valence-electron chi connectivity index (χ0n) is 20.9. The molecule has 1 amide bonds. The first kappa shape index (κ1) is 25.7. The number of rotatable bonds is 9. The van der Waals surface area contributed by atoms with Crippen molar-refractivity contribution in [3.8, 4) is 11.8 Å². The molecule has 0 aliphatic carbocycles. The van der Waals surface area contributed by atoms with E-state index in [1.54, 1.807) is 17.0 Å². The Kier molecular flexibility index (Phi) is 7.96. The fourth-order valence-corrected chi connectivity index (χ4v) is 4.57. The van der Waals surface area contributed by atoms with E-state index in [4.69, 9.17) is 17.0 Å². The summed E-state index contributed by atoms with van der Waals surface area (Å²) in [4.78, 5) is 16.8. The van der Waals surface area contributed by atoms with Crippen LogP contribution in [-0.2, 0) is 11.3 Å². The van der Waals surface area contributed by atoms with Gasteiger partial charge in [0.25, 0.3) is 5.91 Å². The second-order valence-corrected chi connectivity index (χ2v) is 9.95. The predicted molar refractivity (Wildman–Crippen MR) is 140 cm³/mol. The third-order valence-corrected chi connectivity index (χ3v) is 6.55. The molecular weight excluding hydrogens is 444 g/mol. The summed E-state index contributed by atoms with van der Waals surface area (Å²) in [6.45, 7) is 14.0. The first-order valence-corrected chi connectivity index (χ1v) is 12.1. The molecule has 1 saturated heterocycles. The van der Waals surface area contributed by atoms with E-state index >= 15 is 0 Å². The topological polar surface area (TPSA) is 68.6 Å². The van der Waals surface area contributed by atoms with E-state index < -0.39 is 5.54 Å². The normalized spacial score (nSPS) is 15.2. The molecule has 2 aromatic carbocycles. The van der Waals surface area contributed by atoms with Crippen molar-refractivity contribution in [3.05, 3.63) is 58.7 Å². The average molecular weight is 479 g/mol. The second-order valence-electron chi connectivity index (χ2n) is 9.58. The maximum Gasteiger partial charge on any atom is 0.258 e. The third kappa shape index (κ3) is 5.40. The van der Waals surface area contributed by atoms with Gasteiger partial charge in [-0.2, -0.15) is 5.26 Å². The highest BCUT2D eigenvalue weighted by Gasteiger charge is 2.49. The quantitative estimate of drug-likeness (QED) is 0.410. The van der Waals surface area contributed by atoms with Gasteiger partial charge in [0, 0.05) is 19.1 Å². The van der Waals surface area contributed by atoms with E-state index in [-0.39, 0.29) is 5.91 Å². The van der Waals surface area contributed by atoms with E-state index in [2.05, 4.69) is 44.3 Å². The monoisotopic (exact) mass is 478 g/mol. The molecule has 0 radical (unpaired) electrons. The number of hydrogen-bond donors (Lipinski definition) is 1. The van der Waals surface area contributed by atoms with Crippen LogP contribution in [0.2, 0.25) is 0 Å². The molecular formula is C27H34N4O2S. The van der Waals surface area contributed by atoms with Gasteiger partial charge in [0.05, 0.1) is 23.9 Å². The average Bonchev–Trinajstić information content (AvgIpc) is 2.95. The van der Waals surface area contributed by atoms with Gasteiger partial charge in [0.2, 0.25) is 0 Å². The minimum absolute atomic E-state index is 0.0658. The maximum atomic E-state index is 13.2. The van der Waals surface area contributed by atoms with Crippen LogP contribution in [0.1, 0.15) is 56.4 Å². The van der Waals surface area contributed by atoms with Crippen molar-refractivity contribution in [1.29, 1.82) is 5.26 Å². The number of nitriles is 1. The first-order valence-electron chi connectivity index (χ1n) is 11.7. The van der Waals surface area contributed by atoms with Crippen molar-refractivity contribution in [2.24, 2.45) is 0 Å². The molecule has 0 saturated carbocycles. The molecule has 6 nitrogen and oxygen atoms in total. The lowest BCUT2D eigenvalue weighted by Gasteiger charge is -2.29. The number of benzene rings is 2. The summed E-state index contributed by atoms with van der Waals surface area (Å²) in [5.41, 5.74) is 3.70. The summed E-state index contributed by atoms with van der Waals surface area (Å²) >= 11 is 5.71. The van der Waals surface area contributed by atoms with Crippen LogP contribution in [0.15, 0.2) is 36.4 Å². The van der Waals surface area contributed by atoms with Crippen LogP contribution in [0.5, 0.6) is 5.75 Å². The Bertz CT molecular complexity index is 1120. The van der Waals surface area contributed by atoms with Crippen LogP contribution < -0.4 is 15.0 Å². The van der Waals surface area contributed by atoms with Crippen LogP contribution in [0, 0.1) is 25.2 Å². The SMILES string of the molecule is Cc1cc(N2C(=O)C(C)(C)N(CCCOc3ccc(CNC(C)C)cc3C)C2=S)ccc1C#N. The van der Waals surface area contributed by atoms with Crippen LogP contribution in [0.4, 0.5) is 5.69 Å². The smallest absolute Gasteiger partial charge is 0.258 e. The summed E-state index contributed by atoms with van der Waals surface area (Å²) in [6.07, 6.45) is 0.729. The van der Waals surface area contributed by atoms with Gasteiger partial charge in [-0.15, -0.1) is 0 Å². The van der Waals surface area contributed by atoms with Crippen LogP contribution >= 0.6 is 12.2 Å². The van der Waals surface area contributed by atoms with Crippen molar-refractivity contribution in [3.63, 3.8) is 0 Å². The van der Waals surface area contributed by atoms with Gasteiger partial charge in [-0.1, -0.05) is 26.0 Å². The van der Waals surface area contributed by atoms with Gasteiger partial charge in [-0.3, -0.25) is 9.69 Å². The lowest BCUT2D eigenvalue weighted by Crippen LogP contribution is -2.44. The van der Waals surface area contributed by atoms with Gasteiger partial charge in [-0.25, -0.2) is 0 Å². The van der Waals surface area contributed by atoms with Gasteiger partial charge < -0.3 is 15.0 Å². The highest BCUT2D eigenvalue weighted by Crippen LogP contribution is 2.33. The number of carbonyl (C=O) groups is 1. The lowest BCUT2D eigenvalue weighted by molar-refractivity contribution is -0.123. The number of carbonyl (C=O) groups excluding carboxylic acids is 1. The van der Waals surface area contributed by atoms with Crippen molar-refractivity contribution >= 4 is 28.9 Å². The van der Waals surface area contributed by atoms with E-state index in [9.17, 15) is 10.1 Å². The van der Waals surface area contributed by atoms with Crippen molar-refractivity contribution in [1.82, 2.24) is 10.2 Å². The molecule has 1 aliphatic heterocycles. The van der Waals surface area contributed by atoms with Crippen molar-refractivity contribution in [2.45, 2.75) is 66.1 Å². The molecule has 34 heavy (non-hydrogen) atoms. The summed E-state index contributed by atoms with van der Waals surface area (Å²) < 4.78 is 6.04. The molecule has 0 bridgehead atoms. The van der Waals surface area contributed by atoms with Crippen LogP contribution in [0.3, 0.4) is 0 Å². The zero-order chi connectivity index (χ0) is 25.0. The number of thiocarbonyl (C=S) groups is 1. The molecule has 7 heteroatoms. The molecule has 1 N–H and O–H groups in total. The second kappa shape index (κ2) is 10.5. The Balaban J connectivity index is 1.61. The maximum absolute atomic E-state index is 13.2. The van der Waals surface area contributed by atoms with Crippen molar-refractivity contribution < 1.29 is 9.53 Å². The molecule has 180 valence electrons. The van der Waals surface area contributed by atoms with E-state index in [0.29, 0.717) is 35.6 Å². The standard InChI is InChI=1S/C27H34N4O2S/c1-18(2)29-17-21-8-11-24(20(4)14-21)33-13-7-12-30-26(34)31(25(32)27(30,5)6)23-10-9-22(16-28)19(3)15-23/h8-11,14-15,18,29H,7,12-13,17H2,1-6H3. The zero-order valence-corrected chi connectivity index (χ0v) is 21.8. The molecule has 0 atom stereocenters. The summed E-state index contributed by atoms with van der Waals surface area (Å²) in [7, 11) is 0. The van der Waals surface area contributed by atoms with Crippen LogP contribution in [-0.4, -0.2) is 40.7 Å². The number of amides is 1. The summed E-state index contributed by atoms with van der Waals surface area (Å²) in [5.74, 6) is 0.811. The molecule has 0 spiro atoms. The van der Waals surface area contributed by atoms with Crippen LogP contribution in [0.25, 0.3) is 0 Å². The molecule has 3 rings (SSSR count). The molecule has 0 unspecified atom stereocenters. The number of nitrogens with zero attached hydrogens (tertiary/aromatic N) is 3. The van der Waals surface area contributed by atoms with Gasteiger partial charge >= 0.3 is 0 Å².